The van der Waals surface area contributed by atoms with Crippen molar-refractivity contribution in [3.63, 3.8) is 0 Å². The lowest BCUT2D eigenvalue weighted by Gasteiger charge is -2.09. The Labute approximate surface area is 135 Å². The van der Waals surface area contributed by atoms with Crippen molar-refractivity contribution < 1.29 is 12.8 Å². The van der Waals surface area contributed by atoms with Crippen LogP contribution in [0.4, 0.5) is 10.1 Å². The van der Waals surface area contributed by atoms with Crippen LogP contribution in [0.15, 0.2) is 32.9 Å². The smallest absolute Gasteiger partial charge is 0.243 e. The van der Waals surface area contributed by atoms with E-state index < -0.39 is 20.7 Å². The summed E-state index contributed by atoms with van der Waals surface area (Å²) in [7, 11) is -3.91. The van der Waals surface area contributed by atoms with E-state index in [9.17, 15) is 12.8 Å². The average Bonchev–Trinajstić information content (AvgIpc) is 2.79. The van der Waals surface area contributed by atoms with Gasteiger partial charge in [0.25, 0.3) is 0 Å². The zero-order valence-corrected chi connectivity index (χ0v) is 14.4. The van der Waals surface area contributed by atoms with Crippen LogP contribution < -0.4 is 10.5 Å². The van der Waals surface area contributed by atoms with E-state index in [0.29, 0.717) is 6.42 Å². The lowest BCUT2D eigenvalue weighted by Crippen LogP contribution is -2.27. The maximum absolute atomic E-state index is 14.0. The molecule has 114 valence electrons. The predicted octanol–water partition coefficient (Wildman–Crippen LogP) is 3.06. The summed E-state index contributed by atoms with van der Waals surface area (Å²) in [6.45, 7) is 1.68. The molecule has 0 unspecified atom stereocenters. The third-order valence-corrected chi connectivity index (χ3v) is 5.97. The summed E-state index contributed by atoms with van der Waals surface area (Å²) in [6, 6.07) is 6.34. The van der Waals surface area contributed by atoms with Gasteiger partial charge in [-0.3, -0.25) is 0 Å². The van der Waals surface area contributed by atoms with Crippen LogP contribution in [0, 0.1) is 12.7 Å². The van der Waals surface area contributed by atoms with Crippen molar-refractivity contribution in [3.05, 3.63) is 44.3 Å². The van der Waals surface area contributed by atoms with Crippen LogP contribution in [0.1, 0.15) is 10.4 Å². The van der Waals surface area contributed by atoms with Crippen molar-refractivity contribution in [2.45, 2.75) is 18.2 Å². The maximum Gasteiger partial charge on any atom is 0.243 e. The van der Waals surface area contributed by atoms with Crippen LogP contribution in [-0.2, 0) is 16.4 Å². The van der Waals surface area contributed by atoms with E-state index in [1.54, 1.807) is 0 Å². The van der Waals surface area contributed by atoms with Gasteiger partial charge in [-0.05, 0) is 59.1 Å². The van der Waals surface area contributed by atoms with Crippen LogP contribution in [-0.4, -0.2) is 15.0 Å². The topological polar surface area (TPSA) is 72.2 Å². The van der Waals surface area contributed by atoms with Gasteiger partial charge >= 0.3 is 0 Å². The first-order valence-electron chi connectivity index (χ1n) is 6.09. The molecular weight excluding hydrogens is 379 g/mol. The Morgan fingerprint density at radius 2 is 2.10 bits per heavy atom. The van der Waals surface area contributed by atoms with Crippen molar-refractivity contribution in [1.29, 1.82) is 0 Å². The average molecular weight is 393 g/mol. The highest BCUT2D eigenvalue weighted by Gasteiger charge is 2.20. The molecule has 0 spiro atoms. The molecule has 21 heavy (non-hydrogen) atoms. The fourth-order valence-corrected chi connectivity index (χ4v) is 4.53. The Bertz CT molecular complexity index is 760. The number of rotatable bonds is 5. The normalized spacial score (nSPS) is 11.8. The highest BCUT2D eigenvalue weighted by atomic mass is 79.9. The summed E-state index contributed by atoms with van der Waals surface area (Å²) in [5, 5.41) is 0. The molecule has 0 saturated carbocycles. The molecule has 0 amide bonds. The second-order valence-corrected chi connectivity index (χ2v) is 8.79. The number of benzene rings is 1. The fourth-order valence-electron chi connectivity index (χ4n) is 1.83. The zero-order valence-electron chi connectivity index (χ0n) is 11.2. The number of nitrogens with one attached hydrogen (secondary N) is 1. The molecule has 0 saturated heterocycles. The maximum atomic E-state index is 14.0. The fraction of sp³-hybridized carbons (Fsp3) is 0.231. The minimum Gasteiger partial charge on any atom is -0.399 e. The van der Waals surface area contributed by atoms with Crippen molar-refractivity contribution in [2.75, 3.05) is 12.3 Å². The van der Waals surface area contributed by atoms with Crippen LogP contribution in [0.25, 0.3) is 0 Å². The molecular formula is C13H14BrFN2O2S2. The summed E-state index contributed by atoms with van der Waals surface area (Å²) in [5.74, 6) is -0.768. The van der Waals surface area contributed by atoms with E-state index in [1.165, 1.54) is 24.3 Å². The van der Waals surface area contributed by atoms with Crippen LogP contribution in [0.5, 0.6) is 0 Å². The molecule has 0 aliphatic heterocycles. The highest BCUT2D eigenvalue weighted by Crippen LogP contribution is 2.23. The Balaban J connectivity index is 2.12. The quantitative estimate of drug-likeness (QED) is 0.767. The molecule has 2 rings (SSSR count). The van der Waals surface area contributed by atoms with Crippen LogP contribution in [0.2, 0.25) is 0 Å². The van der Waals surface area contributed by atoms with E-state index in [1.807, 2.05) is 12.1 Å². The first-order valence-corrected chi connectivity index (χ1v) is 9.18. The molecule has 0 radical (unpaired) electrons. The van der Waals surface area contributed by atoms with Gasteiger partial charge in [0.05, 0.1) is 3.79 Å². The third-order valence-electron chi connectivity index (χ3n) is 2.83. The molecule has 1 aromatic carbocycles. The lowest BCUT2D eigenvalue weighted by atomic mass is 10.2. The van der Waals surface area contributed by atoms with Gasteiger partial charge in [-0.25, -0.2) is 17.5 Å². The van der Waals surface area contributed by atoms with Gasteiger partial charge in [0.2, 0.25) is 10.0 Å². The van der Waals surface area contributed by atoms with Gasteiger partial charge in [-0.1, -0.05) is 0 Å². The van der Waals surface area contributed by atoms with Crippen molar-refractivity contribution in [1.82, 2.24) is 4.72 Å². The summed E-state index contributed by atoms with van der Waals surface area (Å²) in [5.41, 5.74) is 6.01. The van der Waals surface area contributed by atoms with Gasteiger partial charge in [-0.2, -0.15) is 0 Å². The van der Waals surface area contributed by atoms with Crippen LogP contribution >= 0.6 is 27.3 Å². The van der Waals surface area contributed by atoms with E-state index in [0.717, 1.165) is 14.7 Å². The minimum absolute atomic E-state index is 0.197. The monoisotopic (exact) mass is 392 g/mol. The van der Waals surface area contributed by atoms with E-state index in [-0.39, 0.29) is 17.8 Å². The summed E-state index contributed by atoms with van der Waals surface area (Å²) >= 11 is 4.87. The molecule has 3 N–H and O–H groups in total. The Morgan fingerprint density at radius 3 is 2.71 bits per heavy atom. The van der Waals surface area contributed by atoms with Crippen molar-refractivity contribution in [3.8, 4) is 0 Å². The van der Waals surface area contributed by atoms with Gasteiger partial charge in [0, 0.05) is 17.1 Å². The second kappa shape index (κ2) is 6.43. The molecule has 0 fully saturated rings. The zero-order chi connectivity index (χ0) is 15.6. The lowest BCUT2D eigenvalue weighted by molar-refractivity contribution is 0.553. The highest BCUT2D eigenvalue weighted by molar-refractivity contribution is 9.11. The van der Waals surface area contributed by atoms with Crippen LogP contribution in [0.3, 0.4) is 0 Å². The Morgan fingerprint density at radius 1 is 1.38 bits per heavy atom. The number of thiophene rings is 1. The molecule has 8 heteroatoms. The molecule has 0 atom stereocenters. The largest absolute Gasteiger partial charge is 0.399 e. The number of nitrogen functional groups attached to an aromatic ring is 1. The first-order chi connectivity index (χ1) is 9.79. The molecule has 1 heterocycles. The molecule has 0 aliphatic rings. The van der Waals surface area contributed by atoms with Gasteiger partial charge in [0.1, 0.15) is 10.7 Å². The summed E-state index contributed by atoms with van der Waals surface area (Å²) < 4.78 is 41.6. The predicted molar refractivity (Wildman–Crippen MR) is 86.5 cm³/mol. The molecule has 0 bridgehead atoms. The van der Waals surface area contributed by atoms with Gasteiger partial charge in [-0.15, -0.1) is 11.3 Å². The molecule has 0 aliphatic carbocycles. The van der Waals surface area contributed by atoms with E-state index in [2.05, 4.69) is 20.7 Å². The number of nitrogens with two attached hydrogens (primary N) is 1. The first kappa shape index (κ1) is 16.4. The van der Waals surface area contributed by atoms with Gasteiger partial charge in [0.15, 0.2) is 0 Å². The van der Waals surface area contributed by atoms with Crippen molar-refractivity contribution in [2.24, 2.45) is 0 Å². The van der Waals surface area contributed by atoms with E-state index in [4.69, 9.17) is 5.73 Å². The Kier molecular flexibility index (Phi) is 5.03. The summed E-state index contributed by atoms with van der Waals surface area (Å²) in [6.07, 6.45) is 0.540. The van der Waals surface area contributed by atoms with Gasteiger partial charge < -0.3 is 5.73 Å². The molecule has 4 nitrogen and oxygen atoms in total. The minimum atomic E-state index is -3.91. The second-order valence-electron chi connectivity index (χ2n) is 4.50. The standard InChI is InChI=1S/C13H14BrFN2O2S2/c1-8-6-9(16)7-11(13(8)15)21(18,19)17-5-4-10-2-3-12(14)20-10/h2-3,6-7,17H,4-5,16H2,1H3. The van der Waals surface area contributed by atoms with Crippen molar-refractivity contribution >= 4 is 43.0 Å². The SMILES string of the molecule is Cc1cc(N)cc(S(=O)(=O)NCCc2ccc(Br)s2)c1F. The number of hydrogen-bond acceptors (Lipinski definition) is 4. The third kappa shape index (κ3) is 4.03. The number of anilines is 1. The number of halogens is 2. The molecule has 2 aromatic rings. The Hall–Kier alpha value is -0.960. The van der Waals surface area contributed by atoms with E-state index >= 15 is 0 Å². The number of aryl methyl sites for hydroxylation is 1. The number of sulfonamides is 1. The molecule has 1 aromatic heterocycles. The summed E-state index contributed by atoms with van der Waals surface area (Å²) in [4.78, 5) is 0.626. The number of hydrogen-bond donors (Lipinski definition) is 2.